The second kappa shape index (κ2) is 8.08. The summed E-state index contributed by atoms with van der Waals surface area (Å²) in [6.45, 7) is 12.6. The maximum Gasteiger partial charge on any atom is 0.0944 e. The molecule has 0 saturated carbocycles. The lowest BCUT2D eigenvalue weighted by Crippen LogP contribution is -2.46. The van der Waals surface area contributed by atoms with Gasteiger partial charge < -0.3 is 15.1 Å². The van der Waals surface area contributed by atoms with Crippen molar-refractivity contribution in [3.63, 3.8) is 0 Å². The fourth-order valence-electron chi connectivity index (χ4n) is 2.70. The molecule has 0 aliphatic carbocycles. The fourth-order valence-corrected chi connectivity index (χ4v) is 3.86. The maximum atomic E-state index is 4.80. The van der Waals surface area contributed by atoms with Gasteiger partial charge in [-0.2, -0.15) is 0 Å². The van der Waals surface area contributed by atoms with E-state index in [4.69, 9.17) is 4.98 Å². The highest BCUT2D eigenvalue weighted by Gasteiger charge is 2.16. The Labute approximate surface area is 127 Å². The molecule has 20 heavy (non-hydrogen) atoms. The average molecular weight is 296 g/mol. The predicted molar refractivity (Wildman–Crippen MR) is 86.5 cm³/mol. The van der Waals surface area contributed by atoms with Crippen LogP contribution in [0.5, 0.6) is 0 Å². The Kier molecular flexibility index (Phi) is 6.42. The van der Waals surface area contributed by atoms with Crippen molar-refractivity contribution in [3.05, 3.63) is 15.6 Å². The Balaban J connectivity index is 1.82. The monoisotopic (exact) mass is 296 g/mol. The van der Waals surface area contributed by atoms with Gasteiger partial charge in [-0.25, -0.2) is 4.98 Å². The summed E-state index contributed by atoms with van der Waals surface area (Å²) < 4.78 is 0. The number of nitrogens with zero attached hydrogens (tertiary/aromatic N) is 3. The molecular weight excluding hydrogens is 268 g/mol. The van der Waals surface area contributed by atoms with E-state index in [0.29, 0.717) is 0 Å². The number of rotatable bonds is 7. The van der Waals surface area contributed by atoms with Crippen LogP contribution in [0, 0.1) is 0 Å². The molecule has 0 bridgehead atoms. The molecule has 1 aliphatic rings. The standard InChI is InChI=1S/C15H28N4S/c1-4-13-14(12-16-3)20-15(17-13)6-7-19-10-8-18(5-2)9-11-19/h16H,4-12H2,1-3H3. The minimum absolute atomic E-state index is 0.954. The second-order valence-electron chi connectivity index (χ2n) is 5.39. The van der Waals surface area contributed by atoms with Gasteiger partial charge in [0, 0.05) is 50.6 Å². The predicted octanol–water partition coefficient (Wildman–Crippen LogP) is 1.60. The van der Waals surface area contributed by atoms with Crippen LogP contribution < -0.4 is 5.32 Å². The van der Waals surface area contributed by atoms with Gasteiger partial charge in [-0.3, -0.25) is 0 Å². The summed E-state index contributed by atoms with van der Waals surface area (Å²) in [5.74, 6) is 0. The summed E-state index contributed by atoms with van der Waals surface area (Å²) in [5.41, 5.74) is 1.29. The van der Waals surface area contributed by atoms with Crippen LogP contribution in [0.3, 0.4) is 0 Å². The Morgan fingerprint density at radius 3 is 2.45 bits per heavy atom. The number of thiazole rings is 1. The van der Waals surface area contributed by atoms with E-state index in [2.05, 4.69) is 29.0 Å². The third-order valence-electron chi connectivity index (χ3n) is 4.05. The number of likely N-dealkylation sites (N-methyl/N-ethyl adjacent to an activating group) is 1. The molecule has 1 aliphatic heterocycles. The number of aromatic nitrogens is 1. The van der Waals surface area contributed by atoms with Crippen molar-refractivity contribution in [1.29, 1.82) is 0 Å². The maximum absolute atomic E-state index is 4.80. The van der Waals surface area contributed by atoms with Crippen molar-refractivity contribution in [2.24, 2.45) is 0 Å². The minimum Gasteiger partial charge on any atom is -0.315 e. The largest absolute Gasteiger partial charge is 0.315 e. The van der Waals surface area contributed by atoms with Crippen molar-refractivity contribution >= 4 is 11.3 Å². The van der Waals surface area contributed by atoms with E-state index in [1.54, 1.807) is 0 Å². The van der Waals surface area contributed by atoms with Crippen LogP contribution in [0.25, 0.3) is 0 Å². The Morgan fingerprint density at radius 1 is 1.15 bits per heavy atom. The lowest BCUT2D eigenvalue weighted by atomic mass is 10.3. The second-order valence-corrected chi connectivity index (χ2v) is 6.56. The van der Waals surface area contributed by atoms with Crippen molar-refractivity contribution in [3.8, 4) is 0 Å². The Hall–Kier alpha value is -0.490. The van der Waals surface area contributed by atoms with Crippen molar-refractivity contribution in [2.75, 3.05) is 46.3 Å². The molecule has 0 aromatic carbocycles. The fraction of sp³-hybridized carbons (Fsp3) is 0.800. The SMILES string of the molecule is CCc1nc(CCN2CCN(CC)CC2)sc1CNC. The van der Waals surface area contributed by atoms with Crippen LogP contribution in [0.2, 0.25) is 0 Å². The summed E-state index contributed by atoms with van der Waals surface area (Å²) >= 11 is 1.89. The molecule has 4 nitrogen and oxygen atoms in total. The first-order valence-corrected chi connectivity index (χ1v) is 8.65. The van der Waals surface area contributed by atoms with Gasteiger partial charge in [0.25, 0.3) is 0 Å². The first-order chi connectivity index (χ1) is 9.76. The summed E-state index contributed by atoms with van der Waals surface area (Å²) in [4.78, 5) is 11.3. The third kappa shape index (κ3) is 4.25. The van der Waals surface area contributed by atoms with Gasteiger partial charge in [0.15, 0.2) is 0 Å². The van der Waals surface area contributed by atoms with E-state index in [1.165, 1.54) is 48.3 Å². The van der Waals surface area contributed by atoms with E-state index in [9.17, 15) is 0 Å². The highest BCUT2D eigenvalue weighted by Crippen LogP contribution is 2.20. The van der Waals surface area contributed by atoms with Crippen LogP contribution >= 0.6 is 11.3 Å². The number of hydrogen-bond donors (Lipinski definition) is 1. The molecule has 1 aromatic heterocycles. The van der Waals surface area contributed by atoms with Crippen LogP contribution in [0.15, 0.2) is 0 Å². The van der Waals surface area contributed by atoms with Crippen LogP contribution in [0.4, 0.5) is 0 Å². The van der Waals surface area contributed by atoms with E-state index in [1.807, 2.05) is 18.4 Å². The van der Waals surface area contributed by atoms with E-state index in [0.717, 1.165) is 25.9 Å². The number of hydrogen-bond acceptors (Lipinski definition) is 5. The molecule has 0 spiro atoms. The zero-order chi connectivity index (χ0) is 14.4. The lowest BCUT2D eigenvalue weighted by molar-refractivity contribution is 0.138. The molecule has 0 amide bonds. The molecule has 1 N–H and O–H groups in total. The zero-order valence-corrected chi connectivity index (χ0v) is 13.9. The summed E-state index contributed by atoms with van der Waals surface area (Å²) in [6, 6.07) is 0. The van der Waals surface area contributed by atoms with Crippen LogP contribution in [-0.4, -0.2) is 61.1 Å². The van der Waals surface area contributed by atoms with Gasteiger partial charge in [-0.05, 0) is 20.0 Å². The smallest absolute Gasteiger partial charge is 0.0944 e. The summed E-state index contributed by atoms with van der Waals surface area (Å²) in [5, 5.41) is 4.55. The van der Waals surface area contributed by atoms with Gasteiger partial charge in [0.2, 0.25) is 0 Å². The number of nitrogens with one attached hydrogen (secondary N) is 1. The molecular formula is C15H28N4S. The highest BCUT2D eigenvalue weighted by atomic mass is 32.1. The Bertz CT molecular complexity index is 397. The zero-order valence-electron chi connectivity index (χ0n) is 13.1. The molecule has 2 heterocycles. The highest BCUT2D eigenvalue weighted by molar-refractivity contribution is 7.11. The van der Waals surface area contributed by atoms with E-state index >= 15 is 0 Å². The molecule has 1 saturated heterocycles. The molecule has 0 radical (unpaired) electrons. The first-order valence-electron chi connectivity index (χ1n) is 7.83. The van der Waals surface area contributed by atoms with Gasteiger partial charge in [-0.1, -0.05) is 13.8 Å². The summed E-state index contributed by atoms with van der Waals surface area (Å²) in [7, 11) is 2.01. The number of piperazine rings is 1. The van der Waals surface area contributed by atoms with Crippen LogP contribution in [-0.2, 0) is 19.4 Å². The first kappa shape index (κ1) is 15.9. The lowest BCUT2D eigenvalue weighted by Gasteiger charge is -2.33. The average Bonchev–Trinajstić information content (AvgIpc) is 2.88. The van der Waals surface area contributed by atoms with Gasteiger partial charge in [-0.15, -0.1) is 11.3 Å². The van der Waals surface area contributed by atoms with Gasteiger partial charge in [0.05, 0.1) is 10.7 Å². The topological polar surface area (TPSA) is 31.4 Å². The molecule has 0 unspecified atom stereocenters. The molecule has 0 atom stereocenters. The van der Waals surface area contributed by atoms with Crippen molar-refractivity contribution in [1.82, 2.24) is 20.1 Å². The van der Waals surface area contributed by atoms with Crippen LogP contribution in [0.1, 0.15) is 29.4 Å². The van der Waals surface area contributed by atoms with Gasteiger partial charge >= 0.3 is 0 Å². The molecule has 2 rings (SSSR count). The quantitative estimate of drug-likeness (QED) is 0.828. The third-order valence-corrected chi connectivity index (χ3v) is 5.21. The van der Waals surface area contributed by atoms with Crippen molar-refractivity contribution < 1.29 is 0 Å². The normalized spacial score (nSPS) is 17.8. The van der Waals surface area contributed by atoms with Gasteiger partial charge in [0.1, 0.15) is 0 Å². The van der Waals surface area contributed by atoms with E-state index < -0.39 is 0 Å². The minimum atomic E-state index is 0.954. The molecule has 1 aromatic rings. The summed E-state index contributed by atoms with van der Waals surface area (Å²) in [6.07, 6.45) is 2.15. The molecule has 114 valence electrons. The Morgan fingerprint density at radius 2 is 1.85 bits per heavy atom. The molecule has 1 fully saturated rings. The van der Waals surface area contributed by atoms with E-state index in [-0.39, 0.29) is 0 Å². The molecule has 5 heteroatoms. The van der Waals surface area contributed by atoms with Crippen molar-refractivity contribution in [2.45, 2.75) is 33.2 Å². The number of aryl methyl sites for hydroxylation is 1.